The summed E-state index contributed by atoms with van der Waals surface area (Å²) < 4.78 is 15.2. The zero-order valence-corrected chi connectivity index (χ0v) is 16.4. The lowest BCUT2D eigenvalue weighted by atomic mass is 10.1. The van der Waals surface area contributed by atoms with E-state index >= 15 is 0 Å². The molecule has 7 heteroatoms. The van der Waals surface area contributed by atoms with E-state index in [0.29, 0.717) is 29.4 Å². The van der Waals surface area contributed by atoms with E-state index in [9.17, 15) is 9.59 Å². The summed E-state index contributed by atoms with van der Waals surface area (Å²) in [6.07, 6.45) is 0.326. The van der Waals surface area contributed by atoms with Crippen molar-refractivity contribution in [3.63, 3.8) is 0 Å². The van der Waals surface area contributed by atoms with Crippen LogP contribution in [-0.2, 0) is 15.3 Å². The Morgan fingerprint density at radius 1 is 1.00 bits per heavy atom. The molecule has 0 spiro atoms. The van der Waals surface area contributed by atoms with Gasteiger partial charge in [0.25, 0.3) is 0 Å². The van der Waals surface area contributed by atoms with E-state index in [4.69, 9.17) is 14.2 Å². The molecule has 27 heavy (non-hydrogen) atoms. The SMILES string of the molecule is COC(=O)c1cc(OC)c(OC)cc1NC(=O)CCSCc1ccccc1. The Morgan fingerprint density at radius 2 is 1.67 bits per heavy atom. The highest BCUT2D eigenvalue weighted by molar-refractivity contribution is 7.98. The van der Waals surface area contributed by atoms with Crippen LogP contribution in [0, 0.1) is 0 Å². The van der Waals surface area contributed by atoms with Crippen molar-refractivity contribution in [1.82, 2.24) is 0 Å². The summed E-state index contributed by atoms with van der Waals surface area (Å²) in [7, 11) is 4.24. The molecule has 144 valence electrons. The summed E-state index contributed by atoms with van der Waals surface area (Å²) in [5, 5.41) is 2.76. The number of ether oxygens (including phenoxy) is 3. The average Bonchev–Trinajstić information content (AvgIpc) is 2.71. The first-order chi connectivity index (χ1) is 13.1. The molecule has 2 aromatic rings. The van der Waals surface area contributed by atoms with E-state index in [1.165, 1.54) is 33.0 Å². The van der Waals surface area contributed by atoms with Gasteiger partial charge in [-0.1, -0.05) is 30.3 Å². The van der Waals surface area contributed by atoms with Gasteiger partial charge in [-0.15, -0.1) is 0 Å². The zero-order chi connectivity index (χ0) is 19.6. The van der Waals surface area contributed by atoms with Crippen LogP contribution in [0.3, 0.4) is 0 Å². The topological polar surface area (TPSA) is 73.9 Å². The molecule has 2 rings (SSSR count). The van der Waals surface area contributed by atoms with E-state index in [0.717, 1.165) is 5.75 Å². The molecular formula is C20H23NO5S. The summed E-state index contributed by atoms with van der Waals surface area (Å²) in [5.74, 6) is 1.56. The molecule has 0 aromatic heterocycles. The number of benzene rings is 2. The number of carbonyl (C=O) groups is 2. The molecule has 0 aliphatic rings. The number of rotatable bonds is 9. The fourth-order valence-corrected chi connectivity index (χ4v) is 3.31. The van der Waals surface area contributed by atoms with Crippen molar-refractivity contribution >= 4 is 29.3 Å². The Kier molecular flexibility index (Phi) is 8.00. The van der Waals surface area contributed by atoms with Crippen LogP contribution in [0.4, 0.5) is 5.69 Å². The number of thioether (sulfide) groups is 1. The van der Waals surface area contributed by atoms with Crippen molar-refractivity contribution in [2.75, 3.05) is 32.4 Å². The summed E-state index contributed by atoms with van der Waals surface area (Å²) in [4.78, 5) is 24.3. The molecule has 0 saturated carbocycles. The monoisotopic (exact) mass is 389 g/mol. The maximum absolute atomic E-state index is 12.3. The van der Waals surface area contributed by atoms with Gasteiger partial charge in [0, 0.05) is 30.1 Å². The Balaban J connectivity index is 1.99. The van der Waals surface area contributed by atoms with Crippen LogP contribution < -0.4 is 14.8 Å². The minimum atomic E-state index is -0.565. The lowest BCUT2D eigenvalue weighted by Gasteiger charge is -2.14. The summed E-state index contributed by atoms with van der Waals surface area (Å²) in [6.45, 7) is 0. The summed E-state index contributed by atoms with van der Waals surface area (Å²) in [5.41, 5.74) is 1.76. The van der Waals surface area contributed by atoms with Crippen molar-refractivity contribution in [2.24, 2.45) is 0 Å². The van der Waals surface area contributed by atoms with Crippen molar-refractivity contribution in [3.8, 4) is 11.5 Å². The van der Waals surface area contributed by atoms with E-state index < -0.39 is 5.97 Å². The van der Waals surface area contributed by atoms with Gasteiger partial charge in [-0.25, -0.2) is 4.79 Å². The lowest BCUT2D eigenvalue weighted by molar-refractivity contribution is -0.115. The number of esters is 1. The first kappa shape index (κ1) is 20.6. The third-order valence-corrected chi connectivity index (χ3v) is 4.82. The number of methoxy groups -OCH3 is 3. The number of carbonyl (C=O) groups excluding carboxylic acids is 2. The first-order valence-electron chi connectivity index (χ1n) is 8.35. The maximum atomic E-state index is 12.3. The minimum Gasteiger partial charge on any atom is -0.493 e. The molecular weight excluding hydrogens is 366 g/mol. The quantitative estimate of drug-likeness (QED) is 0.520. The highest BCUT2D eigenvalue weighted by Crippen LogP contribution is 2.33. The number of hydrogen-bond donors (Lipinski definition) is 1. The molecule has 0 aliphatic heterocycles. The highest BCUT2D eigenvalue weighted by Gasteiger charge is 2.19. The fraction of sp³-hybridized carbons (Fsp3) is 0.300. The van der Waals surface area contributed by atoms with Crippen LogP contribution in [0.2, 0.25) is 0 Å². The first-order valence-corrected chi connectivity index (χ1v) is 9.50. The molecule has 2 aromatic carbocycles. The standard InChI is InChI=1S/C20H23NO5S/c1-24-17-11-15(20(23)26-3)16(12-18(17)25-2)21-19(22)9-10-27-13-14-7-5-4-6-8-14/h4-8,11-12H,9-10,13H2,1-3H3,(H,21,22). The number of nitrogens with one attached hydrogen (secondary N) is 1. The lowest BCUT2D eigenvalue weighted by Crippen LogP contribution is -2.16. The minimum absolute atomic E-state index is 0.187. The summed E-state index contributed by atoms with van der Waals surface area (Å²) >= 11 is 1.68. The van der Waals surface area contributed by atoms with Gasteiger partial charge in [-0.05, 0) is 5.56 Å². The number of amides is 1. The van der Waals surface area contributed by atoms with Gasteiger partial charge >= 0.3 is 5.97 Å². The molecule has 0 aliphatic carbocycles. The molecule has 0 unspecified atom stereocenters. The number of hydrogen-bond acceptors (Lipinski definition) is 6. The summed E-state index contributed by atoms with van der Waals surface area (Å²) in [6, 6.07) is 13.1. The van der Waals surface area contributed by atoms with Gasteiger partial charge in [0.05, 0.1) is 32.6 Å². The van der Waals surface area contributed by atoms with Crippen LogP contribution in [-0.4, -0.2) is 39.0 Å². The Bertz CT molecular complexity index is 779. The van der Waals surface area contributed by atoms with Gasteiger partial charge in [0.15, 0.2) is 11.5 Å². The smallest absolute Gasteiger partial charge is 0.340 e. The Hall–Kier alpha value is -2.67. The third kappa shape index (κ3) is 5.92. The Morgan fingerprint density at radius 3 is 2.30 bits per heavy atom. The normalized spacial score (nSPS) is 10.2. The average molecular weight is 389 g/mol. The van der Waals surface area contributed by atoms with Gasteiger partial charge in [-0.3, -0.25) is 4.79 Å². The van der Waals surface area contributed by atoms with Crippen LogP contribution >= 0.6 is 11.8 Å². The van der Waals surface area contributed by atoms with Crippen LogP contribution in [0.25, 0.3) is 0 Å². The van der Waals surface area contributed by atoms with Crippen molar-refractivity contribution in [3.05, 3.63) is 53.6 Å². The highest BCUT2D eigenvalue weighted by atomic mass is 32.2. The second-order valence-corrected chi connectivity index (χ2v) is 6.69. The van der Waals surface area contributed by atoms with E-state index in [1.54, 1.807) is 17.8 Å². The van der Waals surface area contributed by atoms with Crippen LogP contribution in [0.5, 0.6) is 11.5 Å². The molecule has 6 nitrogen and oxygen atoms in total. The zero-order valence-electron chi connectivity index (χ0n) is 15.6. The molecule has 0 heterocycles. The predicted molar refractivity (Wildman–Crippen MR) is 107 cm³/mol. The van der Waals surface area contributed by atoms with Crippen LogP contribution in [0.1, 0.15) is 22.3 Å². The molecule has 0 atom stereocenters. The number of anilines is 1. The molecule has 0 saturated heterocycles. The Labute approximate surface area is 163 Å². The predicted octanol–water partition coefficient (Wildman–Crippen LogP) is 3.75. The molecule has 1 N–H and O–H groups in total. The van der Waals surface area contributed by atoms with Crippen molar-refractivity contribution in [1.29, 1.82) is 0 Å². The second-order valence-electron chi connectivity index (χ2n) is 5.58. The van der Waals surface area contributed by atoms with Gasteiger partial charge < -0.3 is 19.5 Å². The van der Waals surface area contributed by atoms with Crippen molar-refractivity contribution in [2.45, 2.75) is 12.2 Å². The third-order valence-electron chi connectivity index (χ3n) is 3.79. The van der Waals surface area contributed by atoms with E-state index in [1.807, 2.05) is 18.2 Å². The van der Waals surface area contributed by atoms with E-state index in [2.05, 4.69) is 17.4 Å². The molecule has 0 fully saturated rings. The van der Waals surface area contributed by atoms with Gasteiger partial charge in [0.1, 0.15) is 0 Å². The van der Waals surface area contributed by atoms with Crippen molar-refractivity contribution < 1.29 is 23.8 Å². The maximum Gasteiger partial charge on any atom is 0.340 e. The van der Waals surface area contributed by atoms with Crippen LogP contribution in [0.15, 0.2) is 42.5 Å². The molecule has 1 amide bonds. The second kappa shape index (κ2) is 10.5. The van der Waals surface area contributed by atoms with Gasteiger partial charge in [0.2, 0.25) is 5.91 Å². The largest absolute Gasteiger partial charge is 0.493 e. The fourth-order valence-electron chi connectivity index (χ4n) is 2.40. The van der Waals surface area contributed by atoms with E-state index in [-0.39, 0.29) is 11.5 Å². The van der Waals surface area contributed by atoms with Gasteiger partial charge in [-0.2, -0.15) is 11.8 Å². The molecule has 0 bridgehead atoms. The molecule has 0 radical (unpaired) electrons.